The van der Waals surface area contributed by atoms with E-state index in [1.165, 1.54) is 54.6 Å². The first-order chi connectivity index (χ1) is 29.8. The zero-order valence-corrected chi connectivity index (χ0v) is 32.6. The van der Waals surface area contributed by atoms with Crippen LogP contribution >= 0.6 is 0 Å². The standard InChI is InChI=1S/C56H36N4/c1-3-15-41(16-4-1)59-53-25-13-11-23-51(53)57-55(59)39-31-27-37(28-32-39)47-35-49-46-22-10-8-20-44(46)48(36-50(49)45-21-9-7-19-43(45)47)38-29-33-40(34-30-38)56-58-52-24-12-14-26-54(52)60(56)42-17-5-2-6-18-42/h1-36H. The Kier molecular flexibility index (Phi) is 7.82. The van der Waals surface area contributed by atoms with Gasteiger partial charge in [0.1, 0.15) is 11.6 Å². The van der Waals surface area contributed by atoms with Gasteiger partial charge >= 0.3 is 0 Å². The van der Waals surface area contributed by atoms with Crippen molar-refractivity contribution in [3.8, 4) is 56.4 Å². The molecule has 60 heavy (non-hydrogen) atoms. The van der Waals surface area contributed by atoms with Crippen molar-refractivity contribution in [3.63, 3.8) is 0 Å². The number of aromatic nitrogens is 4. The fraction of sp³-hybridized carbons (Fsp3) is 0. The second-order valence-corrected chi connectivity index (χ2v) is 15.4. The van der Waals surface area contributed by atoms with E-state index >= 15 is 0 Å². The van der Waals surface area contributed by atoms with Crippen LogP contribution < -0.4 is 0 Å². The van der Waals surface area contributed by atoms with Gasteiger partial charge in [-0.3, -0.25) is 9.13 Å². The minimum absolute atomic E-state index is 0.929. The molecule has 0 atom stereocenters. The zero-order chi connectivity index (χ0) is 39.6. The summed E-state index contributed by atoms with van der Waals surface area (Å²) < 4.78 is 4.52. The highest BCUT2D eigenvalue weighted by molar-refractivity contribution is 6.23. The average Bonchev–Trinajstić information content (AvgIpc) is 3.91. The molecule has 0 N–H and O–H groups in total. The molecule has 0 aliphatic carbocycles. The number of hydrogen-bond donors (Lipinski definition) is 0. The van der Waals surface area contributed by atoms with E-state index in [1.54, 1.807) is 0 Å². The Morgan fingerprint density at radius 1 is 0.267 bits per heavy atom. The van der Waals surface area contributed by atoms with Crippen LogP contribution in [0.4, 0.5) is 0 Å². The molecule has 2 aromatic heterocycles. The van der Waals surface area contributed by atoms with Crippen LogP contribution in [0.1, 0.15) is 0 Å². The van der Waals surface area contributed by atoms with Gasteiger partial charge in [-0.2, -0.15) is 0 Å². The van der Waals surface area contributed by atoms with Gasteiger partial charge in [0.15, 0.2) is 0 Å². The van der Waals surface area contributed by atoms with Gasteiger partial charge in [-0.15, -0.1) is 0 Å². The molecule has 0 spiro atoms. The number of benzene rings is 10. The first kappa shape index (κ1) is 34.0. The average molecular weight is 765 g/mol. The summed E-state index contributed by atoms with van der Waals surface area (Å²) in [4.78, 5) is 10.2. The van der Waals surface area contributed by atoms with E-state index in [9.17, 15) is 0 Å². The molecular formula is C56H36N4. The maximum absolute atomic E-state index is 5.12. The molecule has 280 valence electrons. The van der Waals surface area contributed by atoms with Gasteiger partial charge in [0.05, 0.1) is 22.1 Å². The Hall–Kier alpha value is -8.08. The summed E-state index contributed by atoms with van der Waals surface area (Å²) in [5.74, 6) is 1.86. The number of imidazole rings is 2. The molecule has 10 aromatic carbocycles. The van der Waals surface area contributed by atoms with Crippen LogP contribution in [-0.4, -0.2) is 19.1 Å². The Bertz CT molecular complexity index is 3320. The normalized spacial score (nSPS) is 11.7. The molecule has 0 saturated carbocycles. The molecule has 0 bridgehead atoms. The Balaban J connectivity index is 0.979. The van der Waals surface area contributed by atoms with Gasteiger partial charge in [-0.1, -0.05) is 158 Å². The van der Waals surface area contributed by atoms with E-state index < -0.39 is 0 Å². The topological polar surface area (TPSA) is 35.6 Å². The number of fused-ring (bicyclic) bond motifs is 7. The van der Waals surface area contributed by atoms with Crippen LogP contribution in [0.5, 0.6) is 0 Å². The maximum atomic E-state index is 5.12. The largest absolute Gasteiger partial charge is 0.292 e. The molecule has 0 aliphatic heterocycles. The second-order valence-electron chi connectivity index (χ2n) is 15.4. The molecule has 4 nitrogen and oxygen atoms in total. The lowest BCUT2D eigenvalue weighted by molar-refractivity contribution is 1.10. The molecule has 4 heteroatoms. The molecular weight excluding hydrogens is 729 g/mol. The van der Waals surface area contributed by atoms with Crippen LogP contribution in [0.25, 0.3) is 111 Å². The predicted octanol–water partition coefficient (Wildman–Crippen LogP) is 14.5. The Morgan fingerprint density at radius 3 is 1.02 bits per heavy atom. The highest BCUT2D eigenvalue weighted by Gasteiger charge is 2.18. The van der Waals surface area contributed by atoms with Crippen molar-refractivity contribution in [2.24, 2.45) is 0 Å². The lowest BCUT2D eigenvalue weighted by Gasteiger charge is -2.16. The molecule has 12 rings (SSSR count). The van der Waals surface area contributed by atoms with Crippen LogP contribution in [0.3, 0.4) is 0 Å². The number of nitrogens with zero attached hydrogens (tertiary/aromatic N) is 4. The molecule has 0 radical (unpaired) electrons. The van der Waals surface area contributed by atoms with Gasteiger partial charge in [0.2, 0.25) is 0 Å². The van der Waals surface area contributed by atoms with Crippen LogP contribution in [0.15, 0.2) is 218 Å². The van der Waals surface area contributed by atoms with Crippen molar-refractivity contribution in [1.29, 1.82) is 0 Å². The molecule has 2 heterocycles. The zero-order valence-electron chi connectivity index (χ0n) is 32.6. The number of para-hydroxylation sites is 6. The number of rotatable bonds is 6. The van der Waals surface area contributed by atoms with Gasteiger partial charge in [-0.25, -0.2) is 9.97 Å². The van der Waals surface area contributed by atoms with Gasteiger partial charge in [0, 0.05) is 22.5 Å². The van der Waals surface area contributed by atoms with E-state index in [0.29, 0.717) is 0 Å². The summed E-state index contributed by atoms with van der Waals surface area (Å²) in [5, 5.41) is 7.41. The molecule has 0 amide bonds. The van der Waals surface area contributed by atoms with Crippen molar-refractivity contribution < 1.29 is 0 Å². The third-order valence-corrected chi connectivity index (χ3v) is 11.9. The minimum atomic E-state index is 0.929. The molecule has 0 fully saturated rings. The van der Waals surface area contributed by atoms with E-state index in [4.69, 9.17) is 9.97 Å². The van der Waals surface area contributed by atoms with Crippen molar-refractivity contribution in [3.05, 3.63) is 218 Å². The summed E-state index contributed by atoms with van der Waals surface area (Å²) in [6.07, 6.45) is 0. The molecule has 0 aliphatic rings. The first-order valence-corrected chi connectivity index (χ1v) is 20.4. The van der Waals surface area contributed by atoms with E-state index in [1.807, 2.05) is 0 Å². The molecule has 0 unspecified atom stereocenters. The molecule has 12 aromatic rings. The second kappa shape index (κ2) is 13.8. The third kappa shape index (κ3) is 5.46. The lowest BCUT2D eigenvalue weighted by Crippen LogP contribution is -1.97. The van der Waals surface area contributed by atoms with Crippen molar-refractivity contribution in [2.75, 3.05) is 0 Å². The smallest absolute Gasteiger partial charge is 0.145 e. The maximum Gasteiger partial charge on any atom is 0.145 e. The summed E-state index contributed by atoms with van der Waals surface area (Å²) in [6, 6.07) is 78.1. The SMILES string of the molecule is c1ccc(-n2c(-c3ccc(-c4cc5c6ccccc6c(-c6ccc(-c7nc8ccccc8n7-c7ccccc7)cc6)cc5c5ccccc45)cc3)nc3ccccc32)cc1. The monoisotopic (exact) mass is 764 g/mol. The Labute approximate surface area is 346 Å². The van der Waals surface area contributed by atoms with Crippen LogP contribution in [0, 0.1) is 0 Å². The van der Waals surface area contributed by atoms with Crippen LogP contribution in [0.2, 0.25) is 0 Å². The van der Waals surface area contributed by atoms with Gasteiger partial charge in [0.25, 0.3) is 0 Å². The van der Waals surface area contributed by atoms with Crippen molar-refractivity contribution in [1.82, 2.24) is 19.1 Å². The fourth-order valence-corrected chi connectivity index (χ4v) is 9.14. The van der Waals surface area contributed by atoms with E-state index in [0.717, 1.165) is 56.2 Å². The highest BCUT2D eigenvalue weighted by atomic mass is 15.1. The summed E-state index contributed by atoms with van der Waals surface area (Å²) in [5.41, 5.74) is 13.2. The summed E-state index contributed by atoms with van der Waals surface area (Å²) >= 11 is 0. The summed E-state index contributed by atoms with van der Waals surface area (Å²) in [6.45, 7) is 0. The van der Waals surface area contributed by atoms with E-state index in [2.05, 4.69) is 228 Å². The third-order valence-electron chi connectivity index (χ3n) is 11.9. The van der Waals surface area contributed by atoms with Crippen LogP contribution in [-0.2, 0) is 0 Å². The van der Waals surface area contributed by atoms with Crippen molar-refractivity contribution in [2.45, 2.75) is 0 Å². The van der Waals surface area contributed by atoms with Gasteiger partial charge in [-0.05, 0) is 115 Å². The summed E-state index contributed by atoms with van der Waals surface area (Å²) in [7, 11) is 0. The highest BCUT2D eigenvalue weighted by Crippen LogP contribution is 2.43. The quantitative estimate of drug-likeness (QED) is 0.158. The number of hydrogen-bond acceptors (Lipinski definition) is 2. The van der Waals surface area contributed by atoms with Crippen molar-refractivity contribution >= 4 is 54.4 Å². The predicted molar refractivity (Wildman–Crippen MR) is 250 cm³/mol. The van der Waals surface area contributed by atoms with E-state index in [-0.39, 0.29) is 0 Å². The first-order valence-electron chi connectivity index (χ1n) is 20.4. The molecule has 0 saturated heterocycles. The van der Waals surface area contributed by atoms with Gasteiger partial charge < -0.3 is 0 Å². The minimum Gasteiger partial charge on any atom is -0.292 e. The fourth-order valence-electron chi connectivity index (χ4n) is 9.14. The lowest BCUT2D eigenvalue weighted by atomic mass is 9.87. The Morgan fingerprint density at radius 2 is 0.600 bits per heavy atom.